The number of carbonyl (C=O) groups is 1. The van der Waals surface area contributed by atoms with Crippen molar-refractivity contribution in [2.45, 2.75) is 32.9 Å². The first-order valence-corrected chi connectivity index (χ1v) is 10.8. The van der Waals surface area contributed by atoms with E-state index in [0.717, 1.165) is 47.8 Å². The molecule has 0 bridgehead atoms. The maximum Gasteiger partial charge on any atom is 0.226 e. The van der Waals surface area contributed by atoms with Crippen molar-refractivity contribution >= 4 is 11.6 Å². The third kappa shape index (κ3) is 5.30. The number of hydrogen-bond donors (Lipinski definition) is 1. The fourth-order valence-corrected chi connectivity index (χ4v) is 3.98. The van der Waals surface area contributed by atoms with Crippen LogP contribution in [0.15, 0.2) is 66.7 Å². The summed E-state index contributed by atoms with van der Waals surface area (Å²) in [4.78, 5) is 19.4. The Kier molecular flexibility index (Phi) is 6.63. The van der Waals surface area contributed by atoms with E-state index in [4.69, 9.17) is 4.74 Å². The molecule has 3 aromatic rings. The van der Waals surface area contributed by atoms with Crippen LogP contribution in [0.3, 0.4) is 0 Å². The van der Waals surface area contributed by atoms with E-state index >= 15 is 0 Å². The second-order valence-corrected chi connectivity index (χ2v) is 8.04. The van der Waals surface area contributed by atoms with Crippen LogP contribution in [0.5, 0.6) is 0 Å². The van der Waals surface area contributed by atoms with Gasteiger partial charge in [0.2, 0.25) is 5.91 Å². The molecular weight excluding hydrogens is 386 g/mol. The van der Waals surface area contributed by atoms with Crippen LogP contribution in [-0.4, -0.2) is 36.7 Å². The molecule has 31 heavy (non-hydrogen) atoms. The first-order chi connectivity index (χ1) is 15.1. The first kappa shape index (κ1) is 21.1. The zero-order chi connectivity index (χ0) is 21.6. The number of ether oxygens (including phenoxy) is 1. The Morgan fingerprint density at radius 3 is 2.58 bits per heavy atom. The zero-order valence-corrected chi connectivity index (χ0v) is 18.2. The van der Waals surface area contributed by atoms with Crippen molar-refractivity contribution in [1.82, 2.24) is 10.3 Å². The molecule has 5 heteroatoms. The van der Waals surface area contributed by atoms with Gasteiger partial charge in [0.1, 0.15) is 0 Å². The highest BCUT2D eigenvalue weighted by Crippen LogP contribution is 2.27. The summed E-state index contributed by atoms with van der Waals surface area (Å²) >= 11 is 0. The summed E-state index contributed by atoms with van der Waals surface area (Å²) < 4.78 is 5.54. The van der Waals surface area contributed by atoms with Crippen LogP contribution >= 0.6 is 0 Å². The molecule has 1 atom stereocenters. The molecule has 2 aromatic carbocycles. The zero-order valence-electron chi connectivity index (χ0n) is 18.2. The summed E-state index contributed by atoms with van der Waals surface area (Å²) in [6.45, 7) is 7.18. The van der Waals surface area contributed by atoms with Crippen LogP contribution in [0.4, 0.5) is 5.69 Å². The lowest BCUT2D eigenvalue weighted by molar-refractivity contribution is -0.120. The Morgan fingerprint density at radius 1 is 1.10 bits per heavy atom. The number of carbonyl (C=O) groups excluding carboxylic acids is 1. The molecule has 0 aliphatic carbocycles. The molecule has 2 heterocycles. The molecule has 1 amide bonds. The molecule has 5 nitrogen and oxygen atoms in total. The van der Waals surface area contributed by atoms with Crippen LogP contribution < -0.4 is 10.2 Å². The average molecular weight is 416 g/mol. The Bertz CT molecular complexity index is 1020. The number of hydrogen-bond acceptors (Lipinski definition) is 4. The second kappa shape index (κ2) is 9.75. The number of nitrogens with one attached hydrogen (secondary N) is 1. The lowest BCUT2D eigenvalue weighted by atomic mass is 10.0. The fraction of sp³-hybridized carbons (Fsp3) is 0.308. The molecule has 1 fully saturated rings. The minimum Gasteiger partial charge on any atom is -0.377 e. The average Bonchev–Trinajstić information content (AvgIpc) is 2.79. The highest BCUT2D eigenvalue weighted by atomic mass is 16.5. The van der Waals surface area contributed by atoms with Gasteiger partial charge >= 0.3 is 0 Å². The van der Waals surface area contributed by atoms with Gasteiger partial charge in [-0.2, -0.15) is 0 Å². The lowest BCUT2D eigenvalue weighted by Gasteiger charge is -2.35. The number of nitrogens with zero attached hydrogens (tertiary/aromatic N) is 2. The number of aromatic nitrogens is 1. The van der Waals surface area contributed by atoms with Crippen molar-refractivity contribution in [3.63, 3.8) is 0 Å². The summed E-state index contributed by atoms with van der Waals surface area (Å²) in [6, 6.07) is 22.9. The minimum atomic E-state index is -0.0208. The third-order valence-electron chi connectivity index (χ3n) is 5.70. The van der Waals surface area contributed by atoms with E-state index in [9.17, 15) is 4.79 Å². The molecule has 1 aromatic heterocycles. The van der Waals surface area contributed by atoms with Gasteiger partial charge in [-0.15, -0.1) is 0 Å². The van der Waals surface area contributed by atoms with Gasteiger partial charge in [0.15, 0.2) is 0 Å². The van der Waals surface area contributed by atoms with Gasteiger partial charge in [0.05, 0.1) is 25.3 Å². The van der Waals surface area contributed by atoms with Crippen LogP contribution in [0, 0.1) is 6.92 Å². The molecule has 160 valence electrons. The maximum atomic E-state index is 12.3. The van der Waals surface area contributed by atoms with E-state index in [-0.39, 0.29) is 12.3 Å². The third-order valence-corrected chi connectivity index (χ3v) is 5.70. The van der Waals surface area contributed by atoms with E-state index in [1.54, 1.807) is 0 Å². The Balaban J connectivity index is 1.39. The summed E-state index contributed by atoms with van der Waals surface area (Å²) in [5.74, 6) is -0.0208. The molecule has 0 spiro atoms. The maximum absolute atomic E-state index is 12.3. The Morgan fingerprint density at radius 2 is 1.87 bits per heavy atom. The first-order valence-electron chi connectivity index (χ1n) is 10.8. The van der Waals surface area contributed by atoms with E-state index in [2.05, 4.69) is 52.5 Å². The summed E-state index contributed by atoms with van der Waals surface area (Å²) in [5.41, 5.74) is 6.25. The quantitative estimate of drug-likeness (QED) is 0.657. The number of morpholine rings is 1. The van der Waals surface area contributed by atoms with Crippen molar-refractivity contribution in [3.05, 3.63) is 83.7 Å². The predicted molar refractivity (Wildman–Crippen MR) is 124 cm³/mol. The van der Waals surface area contributed by atoms with E-state index < -0.39 is 0 Å². The number of benzene rings is 2. The SMILES string of the molecule is Cc1nc(CC(=O)NCc2ccccc2)ccc1-c1ccc(N2CCOC[C@H]2C)cc1. The highest BCUT2D eigenvalue weighted by molar-refractivity contribution is 5.78. The normalized spacial score (nSPS) is 16.2. The largest absolute Gasteiger partial charge is 0.377 e. The minimum absolute atomic E-state index is 0.0208. The molecule has 1 aliphatic rings. The predicted octanol–water partition coefficient (Wildman–Crippen LogP) is 4.14. The summed E-state index contributed by atoms with van der Waals surface area (Å²) in [6.07, 6.45) is 0.280. The van der Waals surface area contributed by atoms with Gasteiger partial charge in [-0.25, -0.2) is 0 Å². The van der Waals surface area contributed by atoms with Gasteiger partial charge < -0.3 is 15.0 Å². The summed E-state index contributed by atoms with van der Waals surface area (Å²) in [5, 5.41) is 2.96. The number of pyridine rings is 1. The van der Waals surface area contributed by atoms with Gasteiger partial charge in [-0.05, 0) is 43.2 Å². The van der Waals surface area contributed by atoms with Gasteiger partial charge in [0, 0.05) is 36.1 Å². The number of rotatable bonds is 6. The van der Waals surface area contributed by atoms with Crippen molar-refractivity contribution in [2.24, 2.45) is 0 Å². The van der Waals surface area contributed by atoms with Crippen LogP contribution in [0.1, 0.15) is 23.9 Å². The molecular formula is C26H29N3O2. The fourth-order valence-electron chi connectivity index (χ4n) is 3.98. The molecule has 0 saturated carbocycles. The number of aryl methyl sites for hydroxylation is 1. The molecule has 0 radical (unpaired) electrons. The van der Waals surface area contributed by atoms with E-state index in [1.165, 1.54) is 5.69 Å². The van der Waals surface area contributed by atoms with Crippen molar-refractivity contribution in [1.29, 1.82) is 0 Å². The molecule has 1 saturated heterocycles. The lowest BCUT2D eigenvalue weighted by Crippen LogP contribution is -2.43. The van der Waals surface area contributed by atoms with Crippen LogP contribution in [0.25, 0.3) is 11.1 Å². The second-order valence-electron chi connectivity index (χ2n) is 8.04. The van der Waals surface area contributed by atoms with Gasteiger partial charge in [0.25, 0.3) is 0 Å². The molecule has 1 aliphatic heterocycles. The van der Waals surface area contributed by atoms with Gasteiger partial charge in [-0.3, -0.25) is 9.78 Å². The topological polar surface area (TPSA) is 54.5 Å². The number of anilines is 1. The molecule has 4 rings (SSSR count). The van der Waals surface area contributed by atoms with Crippen molar-refractivity contribution in [2.75, 3.05) is 24.7 Å². The van der Waals surface area contributed by atoms with Crippen LogP contribution in [0.2, 0.25) is 0 Å². The van der Waals surface area contributed by atoms with Crippen molar-refractivity contribution < 1.29 is 9.53 Å². The smallest absolute Gasteiger partial charge is 0.226 e. The van der Waals surface area contributed by atoms with Gasteiger partial charge in [-0.1, -0.05) is 48.5 Å². The van der Waals surface area contributed by atoms with E-state index in [0.29, 0.717) is 12.6 Å². The van der Waals surface area contributed by atoms with Crippen LogP contribution in [-0.2, 0) is 22.5 Å². The van der Waals surface area contributed by atoms with Crippen molar-refractivity contribution in [3.8, 4) is 11.1 Å². The highest BCUT2D eigenvalue weighted by Gasteiger charge is 2.19. The van der Waals surface area contributed by atoms with E-state index in [1.807, 2.05) is 43.3 Å². The molecule has 0 unspecified atom stereocenters. The Labute approximate surface area is 184 Å². The standard InChI is InChI=1S/C26H29N3O2/c1-19-18-31-15-14-29(19)24-11-8-22(9-12-24)25-13-10-23(28-20(25)2)16-26(30)27-17-21-6-4-3-5-7-21/h3-13,19H,14-18H2,1-2H3,(H,27,30)/t19-/m1/s1. The number of amides is 1. The molecule has 1 N–H and O–H groups in total. The summed E-state index contributed by atoms with van der Waals surface area (Å²) in [7, 11) is 0. The Hall–Kier alpha value is -3.18. The monoisotopic (exact) mass is 415 g/mol.